The zero-order valence-electron chi connectivity index (χ0n) is 7.35. The lowest BCUT2D eigenvalue weighted by Crippen LogP contribution is -2.02. The largest absolute Gasteiger partial charge is 0.296 e. The maximum Gasteiger partial charge on any atom is 0.296 e. The van der Waals surface area contributed by atoms with Crippen LogP contribution in [0.15, 0.2) is 29.2 Å². The summed E-state index contributed by atoms with van der Waals surface area (Å²) < 4.78 is 26.5. The van der Waals surface area contributed by atoms with Gasteiger partial charge in [0.15, 0.2) is 0 Å². The van der Waals surface area contributed by atoms with Crippen molar-refractivity contribution in [3.05, 3.63) is 29.8 Å². The maximum absolute atomic E-state index is 11.1. The fraction of sp³-hybridized carbons (Fsp3) is 0.250. The van der Waals surface area contributed by atoms with Crippen LogP contribution < -0.4 is 0 Å². The van der Waals surface area contributed by atoms with Gasteiger partial charge in [0.1, 0.15) is 0 Å². The van der Waals surface area contributed by atoms with Gasteiger partial charge in [-0.25, -0.2) is 0 Å². The normalized spacial score (nSPS) is 10.6. The van der Waals surface area contributed by atoms with Gasteiger partial charge in [-0.05, 0) is 19.1 Å². The highest BCUT2D eigenvalue weighted by Crippen LogP contribution is 2.11. The fourth-order valence-corrected chi connectivity index (χ4v) is 1.46. The van der Waals surface area contributed by atoms with Gasteiger partial charge < -0.3 is 0 Å². The van der Waals surface area contributed by atoms with E-state index in [0.717, 1.165) is 12.7 Å². The van der Waals surface area contributed by atoms with E-state index in [4.69, 9.17) is 0 Å². The van der Waals surface area contributed by atoms with E-state index in [1.54, 1.807) is 12.1 Å². The number of aryl methyl sites for hydroxylation is 1. The van der Waals surface area contributed by atoms with E-state index >= 15 is 0 Å². The number of hydrogen-bond acceptors (Lipinski definition) is 3. The van der Waals surface area contributed by atoms with Crippen LogP contribution in [0.3, 0.4) is 0 Å². The molecule has 0 radical (unpaired) electrons. The zero-order valence-corrected chi connectivity index (χ0v) is 9.88. The average Bonchev–Trinajstić information content (AvgIpc) is 2.05. The van der Waals surface area contributed by atoms with Gasteiger partial charge in [-0.2, -0.15) is 8.42 Å². The average molecular weight is 267 g/mol. The van der Waals surface area contributed by atoms with Crippen LogP contribution in [0.25, 0.3) is 0 Å². The molecule has 74 valence electrons. The summed E-state index contributed by atoms with van der Waals surface area (Å²) in [6, 6.07) is 6.50. The van der Waals surface area contributed by atoms with Crippen LogP contribution in [0.4, 0.5) is 0 Å². The standard InChI is InChI=1S/C8H10O3S.BrH/c1-7-3-5-8(6-4-7)12(9,10)11-2;/h3-6H,1-2H3;1H. The summed E-state index contributed by atoms with van der Waals surface area (Å²) in [5, 5.41) is 0. The quantitative estimate of drug-likeness (QED) is 0.769. The zero-order chi connectivity index (χ0) is 9.19. The number of halogens is 1. The smallest absolute Gasteiger partial charge is 0.270 e. The highest BCUT2D eigenvalue weighted by Gasteiger charge is 2.10. The Kier molecular flexibility index (Phi) is 4.60. The highest BCUT2D eigenvalue weighted by atomic mass is 79.9. The second-order valence-corrected chi connectivity index (χ2v) is 4.15. The number of rotatable bonds is 2. The summed E-state index contributed by atoms with van der Waals surface area (Å²) >= 11 is 0. The van der Waals surface area contributed by atoms with Crippen molar-refractivity contribution in [2.45, 2.75) is 11.8 Å². The molecule has 13 heavy (non-hydrogen) atoms. The molecular weight excluding hydrogens is 256 g/mol. The third-order valence-electron chi connectivity index (χ3n) is 1.53. The summed E-state index contributed by atoms with van der Waals surface area (Å²) in [6.07, 6.45) is 0. The first-order valence-electron chi connectivity index (χ1n) is 3.43. The van der Waals surface area contributed by atoms with Crippen LogP contribution >= 0.6 is 17.0 Å². The third kappa shape index (κ3) is 3.10. The fourth-order valence-electron chi connectivity index (χ4n) is 0.801. The second-order valence-electron chi connectivity index (χ2n) is 2.43. The van der Waals surface area contributed by atoms with E-state index in [-0.39, 0.29) is 21.9 Å². The minimum atomic E-state index is -3.51. The van der Waals surface area contributed by atoms with Crippen molar-refractivity contribution in [2.75, 3.05) is 7.11 Å². The SMILES string of the molecule is Br.COS(=O)(=O)c1ccc(C)cc1. The molecule has 1 aromatic carbocycles. The van der Waals surface area contributed by atoms with Gasteiger partial charge in [-0.1, -0.05) is 17.7 Å². The minimum absolute atomic E-state index is 0. The summed E-state index contributed by atoms with van der Waals surface area (Å²) in [5.74, 6) is 0. The van der Waals surface area contributed by atoms with E-state index in [0.29, 0.717) is 0 Å². The number of benzene rings is 1. The molecule has 0 saturated carbocycles. The summed E-state index contributed by atoms with van der Waals surface area (Å²) in [4.78, 5) is 0.190. The van der Waals surface area contributed by atoms with Crippen LogP contribution in [0, 0.1) is 6.92 Å². The first-order chi connectivity index (χ1) is 5.56. The van der Waals surface area contributed by atoms with Crippen LogP contribution in [0.1, 0.15) is 5.56 Å². The van der Waals surface area contributed by atoms with E-state index in [1.165, 1.54) is 12.1 Å². The minimum Gasteiger partial charge on any atom is -0.270 e. The Morgan fingerprint density at radius 3 is 2.00 bits per heavy atom. The van der Waals surface area contributed by atoms with Crippen molar-refractivity contribution in [3.8, 4) is 0 Å². The Bertz CT molecular complexity index is 355. The van der Waals surface area contributed by atoms with Crippen LogP contribution in [-0.2, 0) is 14.3 Å². The first-order valence-corrected chi connectivity index (χ1v) is 4.84. The van der Waals surface area contributed by atoms with Crippen molar-refractivity contribution in [3.63, 3.8) is 0 Å². The van der Waals surface area contributed by atoms with E-state index in [2.05, 4.69) is 4.18 Å². The molecule has 0 aliphatic carbocycles. The van der Waals surface area contributed by atoms with Gasteiger partial charge in [-0.15, -0.1) is 17.0 Å². The Hall–Kier alpha value is -0.390. The Balaban J connectivity index is 0.00000144. The highest BCUT2D eigenvalue weighted by molar-refractivity contribution is 8.93. The van der Waals surface area contributed by atoms with Gasteiger partial charge in [0, 0.05) is 0 Å². The lowest BCUT2D eigenvalue weighted by Gasteiger charge is -2.00. The Morgan fingerprint density at radius 1 is 1.15 bits per heavy atom. The first kappa shape index (κ1) is 12.6. The monoisotopic (exact) mass is 266 g/mol. The second kappa shape index (κ2) is 4.74. The molecule has 0 saturated heterocycles. The summed E-state index contributed by atoms with van der Waals surface area (Å²) in [5.41, 5.74) is 1.02. The molecule has 1 rings (SSSR count). The van der Waals surface area contributed by atoms with Gasteiger partial charge in [0.2, 0.25) is 0 Å². The van der Waals surface area contributed by atoms with Crippen molar-refractivity contribution in [1.29, 1.82) is 0 Å². The van der Waals surface area contributed by atoms with Crippen molar-refractivity contribution < 1.29 is 12.6 Å². The summed E-state index contributed by atoms with van der Waals surface area (Å²) in [6.45, 7) is 1.89. The molecule has 0 amide bonds. The van der Waals surface area contributed by atoms with Gasteiger partial charge >= 0.3 is 0 Å². The van der Waals surface area contributed by atoms with E-state index < -0.39 is 10.1 Å². The predicted molar refractivity (Wildman–Crippen MR) is 55.7 cm³/mol. The molecule has 0 N–H and O–H groups in total. The van der Waals surface area contributed by atoms with Crippen LogP contribution in [0.2, 0.25) is 0 Å². The topological polar surface area (TPSA) is 43.4 Å². The molecule has 0 aromatic heterocycles. The molecule has 0 aliphatic heterocycles. The van der Waals surface area contributed by atoms with E-state index in [9.17, 15) is 8.42 Å². The van der Waals surface area contributed by atoms with Gasteiger partial charge in [0.25, 0.3) is 10.1 Å². The molecular formula is C8H11BrO3S. The van der Waals surface area contributed by atoms with Crippen LogP contribution in [-0.4, -0.2) is 15.5 Å². The van der Waals surface area contributed by atoms with Gasteiger partial charge in [-0.3, -0.25) is 4.18 Å². The molecule has 0 spiro atoms. The Morgan fingerprint density at radius 2 is 1.62 bits per heavy atom. The van der Waals surface area contributed by atoms with Gasteiger partial charge in [0.05, 0.1) is 12.0 Å². The summed E-state index contributed by atoms with van der Waals surface area (Å²) in [7, 11) is -2.37. The maximum atomic E-state index is 11.1. The molecule has 0 fully saturated rings. The molecule has 0 heterocycles. The lowest BCUT2D eigenvalue weighted by molar-refractivity contribution is 0.398. The Labute approximate surface area is 88.6 Å². The molecule has 0 aliphatic rings. The third-order valence-corrected chi connectivity index (χ3v) is 2.82. The molecule has 0 atom stereocenters. The molecule has 1 aromatic rings. The molecule has 0 bridgehead atoms. The lowest BCUT2D eigenvalue weighted by atomic mass is 10.2. The van der Waals surface area contributed by atoms with Crippen molar-refractivity contribution >= 4 is 27.1 Å². The van der Waals surface area contributed by atoms with E-state index in [1.807, 2.05) is 6.92 Å². The van der Waals surface area contributed by atoms with Crippen molar-refractivity contribution in [1.82, 2.24) is 0 Å². The van der Waals surface area contributed by atoms with Crippen LogP contribution in [0.5, 0.6) is 0 Å². The molecule has 0 unspecified atom stereocenters. The predicted octanol–water partition coefficient (Wildman–Crippen LogP) is 1.91. The molecule has 3 nitrogen and oxygen atoms in total. The van der Waals surface area contributed by atoms with Crippen molar-refractivity contribution in [2.24, 2.45) is 0 Å². The molecule has 5 heteroatoms. The number of hydrogen-bond donors (Lipinski definition) is 0.